The van der Waals surface area contributed by atoms with Crippen LogP contribution in [0.5, 0.6) is 0 Å². The molecule has 2 rings (SSSR count). The third kappa shape index (κ3) is 2.40. The second kappa shape index (κ2) is 4.25. The van der Waals surface area contributed by atoms with E-state index in [0.29, 0.717) is 12.5 Å². The molecule has 16 heavy (non-hydrogen) atoms. The number of likely N-dealkylation sites (tertiary alicyclic amines) is 1. The molecule has 0 amide bonds. The lowest BCUT2D eigenvalue weighted by Crippen LogP contribution is -2.54. The highest BCUT2D eigenvalue weighted by atomic mass is 32.2. The predicted octanol–water partition coefficient (Wildman–Crippen LogP) is -1.19. The Labute approximate surface area is 96.5 Å². The first-order valence-corrected chi connectivity index (χ1v) is 7.59. The first-order chi connectivity index (χ1) is 7.39. The van der Waals surface area contributed by atoms with Crippen LogP contribution in [-0.4, -0.2) is 61.2 Å². The summed E-state index contributed by atoms with van der Waals surface area (Å²) in [7, 11) is -3.06. The minimum Gasteiger partial charge on any atom is -0.390 e. The fourth-order valence-electron chi connectivity index (χ4n) is 2.59. The second-order valence-corrected chi connectivity index (χ2v) is 7.29. The molecule has 0 radical (unpaired) electrons. The molecule has 2 saturated heterocycles. The number of aliphatic hydroxyl groups excluding tert-OH is 1. The smallest absolute Gasteiger partial charge is 0.154 e. The number of hydrogen-bond acceptors (Lipinski definition) is 5. The van der Waals surface area contributed by atoms with Gasteiger partial charge in [0.2, 0.25) is 0 Å². The zero-order valence-corrected chi connectivity index (χ0v) is 10.4. The fraction of sp³-hybridized carbons (Fsp3) is 1.00. The number of rotatable bonds is 1. The Bertz CT molecular complexity index is 357. The van der Waals surface area contributed by atoms with Crippen LogP contribution in [0.15, 0.2) is 0 Å². The van der Waals surface area contributed by atoms with Gasteiger partial charge in [-0.05, 0) is 18.9 Å². The summed E-state index contributed by atoms with van der Waals surface area (Å²) in [5.41, 5.74) is 5.98. The third-order valence-electron chi connectivity index (χ3n) is 3.81. The molecule has 0 aromatic heterocycles. The van der Waals surface area contributed by atoms with E-state index in [1.165, 1.54) is 0 Å². The van der Waals surface area contributed by atoms with Crippen LogP contribution in [-0.2, 0) is 9.84 Å². The average Bonchev–Trinajstić information content (AvgIpc) is 2.45. The number of hydrogen-bond donors (Lipinski definition) is 2. The first kappa shape index (κ1) is 12.3. The topological polar surface area (TPSA) is 83.6 Å². The second-order valence-electron chi connectivity index (χ2n) is 5.14. The van der Waals surface area contributed by atoms with Crippen molar-refractivity contribution >= 4 is 9.84 Å². The monoisotopic (exact) mass is 248 g/mol. The van der Waals surface area contributed by atoms with Crippen LogP contribution in [0.3, 0.4) is 0 Å². The Kier molecular flexibility index (Phi) is 3.27. The van der Waals surface area contributed by atoms with E-state index in [4.69, 9.17) is 5.73 Å². The van der Waals surface area contributed by atoms with Crippen LogP contribution in [0.2, 0.25) is 0 Å². The third-order valence-corrected chi connectivity index (χ3v) is 5.51. The van der Waals surface area contributed by atoms with Gasteiger partial charge in [0.15, 0.2) is 9.84 Å². The summed E-state index contributed by atoms with van der Waals surface area (Å²) in [6, 6.07) is -0.159. The lowest BCUT2D eigenvalue weighted by atomic mass is 9.93. The van der Waals surface area contributed by atoms with Crippen molar-refractivity contribution in [3.8, 4) is 0 Å². The predicted molar refractivity (Wildman–Crippen MR) is 61.8 cm³/mol. The van der Waals surface area contributed by atoms with Crippen molar-refractivity contribution in [2.24, 2.45) is 11.7 Å². The van der Waals surface area contributed by atoms with Gasteiger partial charge < -0.3 is 10.8 Å². The molecule has 4 unspecified atom stereocenters. The van der Waals surface area contributed by atoms with E-state index in [-0.39, 0.29) is 23.6 Å². The van der Waals surface area contributed by atoms with Gasteiger partial charge in [0.05, 0.1) is 23.7 Å². The van der Waals surface area contributed by atoms with Crippen molar-refractivity contribution in [2.75, 3.05) is 24.6 Å². The molecule has 2 fully saturated rings. The van der Waals surface area contributed by atoms with Crippen molar-refractivity contribution in [3.05, 3.63) is 0 Å². The van der Waals surface area contributed by atoms with Crippen molar-refractivity contribution in [1.82, 2.24) is 4.90 Å². The van der Waals surface area contributed by atoms with E-state index >= 15 is 0 Å². The Hall–Kier alpha value is -0.170. The fourth-order valence-corrected chi connectivity index (χ4v) is 4.42. The summed E-state index contributed by atoms with van der Waals surface area (Å²) in [5.74, 6) is 0.459. The molecule has 0 spiro atoms. The molecule has 2 aliphatic rings. The van der Waals surface area contributed by atoms with Crippen LogP contribution in [0, 0.1) is 5.92 Å². The van der Waals surface area contributed by atoms with Gasteiger partial charge in [-0.15, -0.1) is 0 Å². The number of sulfone groups is 1. The maximum Gasteiger partial charge on any atom is 0.154 e. The molecule has 3 N–H and O–H groups in total. The highest BCUT2D eigenvalue weighted by Crippen LogP contribution is 2.24. The van der Waals surface area contributed by atoms with Crippen LogP contribution in [0.1, 0.15) is 13.3 Å². The molecule has 0 aromatic rings. The number of aliphatic hydroxyl groups is 1. The normalized spacial score (nSPS) is 44.7. The lowest BCUT2D eigenvalue weighted by molar-refractivity contribution is 0.0533. The largest absolute Gasteiger partial charge is 0.390 e. The van der Waals surface area contributed by atoms with Gasteiger partial charge in [0.1, 0.15) is 0 Å². The molecule has 2 aliphatic heterocycles. The molecule has 2 heterocycles. The Balaban J connectivity index is 2.04. The van der Waals surface area contributed by atoms with E-state index < -0.39 is 15.9 Å². The van der Waals surface area contributed by atoms with Crippen LogP contribution >= 0.6 is 0 Å². The molecule has 0 aliphatic carbocycles. The summed E-state index contributed by atoms with van der Waals surface area (Å²) in [6.07, 6.45) is 0.232. The van der Waals surface area contributed by atoms with E-state index in [0.717, 1.165) is 13.0 Å². The molecular weight excluding hydrogens is 228 g/mol. The van der Waals surface area contributed by atoms with Gasteiger partial charge in [0.25, 0.3) is 0 Å². The van der Waals surface area contributed by atoms with Crippen molar-refractivity contribution < 1.29 is 13.5 Å². The highest BCUT2D eigenvalue weighted by molar-refractivity contribution is 7.91. The molecule has 5 nitrogen and oxygen atoms in total. The molecular formula is C10H20N2O3S. The summed E-state index contributed by atoms with van der Waals surface area (Å²) in [6.45, 7) is 3.65. The van der Waals surface area contributed by atoms with Crippen molar-refractivity contribution in [2.45, 2.75) is 31.5 Å². The van der Waals surface area contributed by atoms with Gasteiger partial charge in [-0.1, -0.05) is 6.92 Å². The SMILES string of the molecule is CC1CCN(C2CS(=O)(=O)CC2O)CC1N. The molecule has 4 atom stereocenters. The standard InChI is InChI=1S/C10H20N2O3S/c1-7-2-3-12(4-8(7)11)9-5-16(14,15)6-10(9)13/h7-10,13H,2-6,11H2,1H3. The quantitative estimate of drug-likeness (QED) is 0.610. The first-order valence-electron chi connectivity index (χ1n) is 5.77. The van der Waals surface area contributed by atoms with Crippen LogP contribution < -0.4 is 5.73 Å². The minimum atomic E-state index is -3.06. The van der Waals surface area contributed by atoms with Crippen molar-refractivity contribution in [3.63, 3.8) is 0 Å². The van der Waals surface area contributed by atoms with Crippen LogP contribution in [0.25, 0.3) is 0 Å². The molecule has 6 heteroatoms. The Morgan fingerprint density at radius 1 is 1.38 bits per heavy atom. The summed E-state index contributed by atoms with van der Waals surface area (Å²) in [4.78, 5) is 2.04. The lowest BCUT2D eigenvalue weighted by Gasteiger charge is -2.39. The summed E-state index contributed by atoms with van der Waals surface area (Å²) in [5, 5.41) is 9.77. The zero-order chi connectivity index (χ0) is 11.9. The molecule has 0 aromatic carbocycles. The van der Waals surface area contributed by atoms with E-state index in [9.17, 15) is 13.5 Å². The summed E-state index contributed by atoms with van der Waals surface area (Å²) >= 11 is 0. The Morgan fingerprint density at radius 3 is 2.56 bits per heavy atom. The maximum atomic E-state index is 11.4. The van der Waals surface area contributed by atoms with E-state index in [1.54, 1.807) is 0 Å². The van der Waals surface area contributed by atoms with Gasteiger partial charge in [-0.3, -0.25) is 4.90 Å². The number of nitrogens with two attached hydrogens (primary N) is 1. The van der Waals surface area contributed by atoms with E-state index in [1.807, 2.05) is 4.90 Å². The molecule has 94 valence electrons. The average molecular weight is 248 g/mol. The van der Waals surface area contributed by atoms with Crippen molar-refractivity contribution in [1.29, 1.82) is 0 Å². The van der Waals surface area contributed by atoms with Gasteiger partial charge in [0, 0.05) is 12.6 Å². The maximum absolute atomic E-state index is 11.4. The number of piperidine rings is 1. The minimum absolute atomic E-state index is 0.0786. The van der Waals surface area contributed by atoms with Gasteiger partial charge >= 0.3 is 0 Å². The van der Waals surface area contributed by atoms with Crippen LogP contribution in [0.4, 0.5) is 0 Å². The van der Waals surface area contributed by atoms with Gasteiger partial charge in [-0.25, -0.2) is 8.42 Å². The zero-order valence-electron chi connectivity index (χ0n) is 9.54. The Morgan fingerprint density at radius 2 is 2.06 bits per heavy atom. The molecule has 0 bridgehead atoms. The summed E-state index contributed by atoms with van der Waals surface area (Å²) < 4.78 is 22.8. The number of nitrogens with zero attached hydrogens (tertiary/aromatic N) is 1. The van der Waals surface area contributed by atoms with Gasteiger partial charge in [-0.2, -0.15) is 0 Å². The highest BCUT2D eigenvalue weighted by Gasteiger charge is 2.41. The molecule has 0 saturated carbocycles. The van der Waals surface area contributed by atoms with E-state index in [2.05, 4.69) is 6.92 Å².